The number of amides is 1. The molecule has 0 bridgehead atoms. The molecule has 0 fully saturated rings. The number of aryl methyl sites for hydroxylation is 1. The largest absolute Gasteiger partial charge is 0.353 e. The fraction of sp³-hybridized carbons (Fsp3) is 0.200. The molecule has 0 N–H and O–H groups in total. The van der Waals surface area contributed by atoms with E-state index in [-0.39, 0.29) is 5.91 Å². The quantitative estimate of drug-likeness (QED) is 0.740. The van der Waals surface area contributed by atoms with Gasteiger partial charge in [-0.3, -0.25) is 4.79 Å². The standard InChI is InChI=1S/C15H14ClN3OS/c1-18-7-3-4-11(18)9-19(2)14(20)10-5-6-12-13(8-10)21-15(16)17-12/h3-8H,9H2,1-2H3. The summed E-state index contributed by atoms with van der Waals surface area (Å²) in [5, 5.41) is 0. The molecule has 1 aromatic carbocycles. The van der Waals surface area contributed by atoms with Crippen molar-refractivity contribution in [3.8, 4) is 0 Å². The van der Waals surface area contributed by atoms with Crippen LogP contribution in [0.4, 0.5) is 0 Å². The molecule has 108 valence electrons. The third kappa shape index (κ3) is 2.80. The molecule has 2 heterocycles. The van der Waals surface area contributed by atoms with Gasteiger partial charge in [0.1, 0.15) is 0 Å². The summed E-state index contributed by atoms with van der Waals surface area (Å²) in [6.45, 7) is 0.573. The molecule has 0 aliphatic carbocycles. The Bertz CT molecular complexity index is 808. The van der Waals surface area contributed by atoms with Crippen LogP contribution in [0.25, 0.3) is 10.2 Å². The average molecular weight is 320 g/mol. The van der Waals surface area contributed by atoms with Crippen molar-refractivity contribution in [1.29, 1.82) is 0 Å². The van der Waals surface area contributed by atoms with Gasteiger partial charge in [0.25, 0.3) is 5.91 Å². The molecule has 3 rings (SSSR count). The Labute approximate surface area is 131 Å². The Hall–Kier alpha value is -1.85. The van der Waals surface area contributed by atoms with Crippen molar-refractivity contribution in [2.75, 3.05) is 7.05 Å². The lowest BCUT2D eigenvalue weighted by Gasteiger charge is -2.17. The highest BCUT2D eigenvalue weighted by molar-refractivity contribution is 7.22. The molecule has 0 atom stereocenters. The minimum Gasteiger partial charge on any atom is -0.353 e. The molecule has 6 heteroatoms. The van der Waals surface area contributed by atoms with Crippen molar-refractivity contribution >= 4 is 39.1 Å². The Morgan fingerprint density at radius 1 is 1.43 bits per heavy atom. The van der Waals surface area contributed by atoms with Crippen LogP contribution in [-0.4, -0.2) is 27.4 Å². The zero-order chi connectivity index (χ0) is 15.0. The van der Waals surface area contributed by atoms with Crippen LogP contribution in [-0.2, 0) is 13.6 Å². The summed E-state index contributed by atoms with van der Waals surface area (Å²) in [5.74, 6) is -0.0115. The van der Waals surface area contributed by atoms with Gasteiger partial charge in [-0.15, -0.1) is 11.3 Å². The van der Waals surface area contributed by atoms with Gasteiger partial charge in [-0.2, -0.15) is 0 Å². The molecule has 3 aromatic rings. The number of fused-ring (bicyclic) bond motifs is 1. The minimum atomic E-state index is -0.0115. The maximum atomic E-state index is 12.5. The second kappa shape index (κ2) is 5.50. The van der Waals surface area contributed by atoms with Gasteiger partial charge in [0.15, 0.2) is 4.47 Å². The number of carbonyl (C=O) groups excluding carboxylic acids is 1. The number of carbonyl (C=O) groups is 1. The summed E-state index contributed by atoms with van der Waals surface area (Å²) in [6, 6.07) is 9.46. The third-order valence-corrected chi connectivity index (χ3v) is 4.53. The molecule has 0 spiro atoms. The molecule has 0 saturated heterocycles. The van der Waals surface area contributed by atoms with Crippen LogP contribution in [0.2, 0.25) is 4.47 Å². The van der Waals surface area contributed by atoms with Crippen molar-refractivity contribution in [3.63, 3.8) is 0 Å². The number of hydrogen-bond donors (Lipinski definition) is 0. The van der Waals surface area contributed by atoms with Crippen LogP contribution in [0.3, 0.4) is 0 Å². The van der Waals surface area contributed by atoms with Gasteiger partial charge >= 0.3 is 0 Å². The highest BCUT2D eigenvalue weighted by Gasteiger charge is 2.14. The molecule has 0 aliphatic rings. The summed E-state index contributed by atoms with van der Waals surface area (Å²) < 4.78 is 3.43. The monoisotopic (exact) mass is 319 g/mol. The fourth-order valence-corrected chi connectivity index (χ4v) is 3.30. The second-order valence-corrected chi connectivity index (χ2v) is 6.53. The van der Waals surface area contributed by atoms with Gasteiger partial charge in [-0.25, -0.2) is 4.98 Å². The third-order valence-electron chi connectivity index (χ3n) is 3.41. The van der Waals surface area contributed by atoms with Crippen LogP contribution in [0.1, 0.15) is 16.1 Å². The summed E-state index contributed by atoms with van der Waals surface area (Å²) in [6.07, 6.45) is 1.97. The molecule has 4 nitrogen and oxygen atoms in total. The van der Waals surface area contributed by atoms with Gasteiger partial charge in [0.05, 0.1) is 16.8 Å². The van der Waals surface area contributed by atoms with E-state index in [0.29, 0.717) is 16.6 Å². The van der Waals surface area contributed by atoms with Gasteiger partial charge in [0, 0.05) is 31.5 Å². The van der Waals surface area contributed by atoms with E-state index in [2.05, 4.69) is 4.98 Å². The maximum Gasteiger partial charge on any atom is 0.253 e. The molecule has 21 heavy (non-hydrogen) atoms. The lowest BCUT2D eigenvalue weighted by Crippen LogP contribution is -2.27. The summed E-state index contributed by atoms with van der Waals surface area (Å²) >= 11 is 7.28. The summed E-state index contributed by atoms with van der Waals surface area (Å²) in [4.78, 5) is 18.4. The molecule has 0 unspecified atom stereocenters. The number of thiazole rings is 1. The number of benzene rings is 1. The normalized spacial score (nSPS) is 11.0. The number of aromatic nitrogens is 2. The first-order chi connectivity index (χ1) is 10.0. The first kappa shape index (κ1) is 14.1. The van der Waals surface area contributed by atoms with E-state index in [9.17, 15) is 4.79 Å². The Morgan fingerprint density at radius 2 is 2.24 bits per heavy atom. The predicted molar refractivity (Wildman–Crippen MR) is 85.8 cm³/mol. The molecule has 0 saturated carbocycles. The first-order valence-electron chi connectivity index (χ1n) is 6.46. The second-order valence-electron chi connectivity index (χ2n) is 4.92. The summed E-state index contributed by atoms with van der Waals surface area (Å²) in [7, 11) is 3.78. The molecule has 2 aromatic heterocycles. The minimum absolute atomic E-state index is 0.0115. The van der Waals surface area contributed by atoms with Crippen LogP contribution in [0, 0.1) is 0 Å². The van der Waals surface area contributed by atoms with E-state index < -0.39 is 0 Å². The highest BCUT2D eigenvalue weighted by Crippen LogP contribution is 2.26. The zero-order valence-corrected chi connectivity index (χ0v) is 13.3. The number of rotatable bonds is 3. The molecular formula is C15H14ClN3OS. The fourth-order valence-electron chi connectivity index (χ4n) is 2.23. The number of hydrogen-bond acceptors (Lipinski definition) is 3. The summed E-state index contributed by atoms with van der Waals surface area (Å²) in [5.41, 5.74) is 2.57. The molecule has 0 aliphatic heterocycles. The lowest BCUT2D eigenvalue weighted by atomic mass is 10.2. The van der Waals surface area contributed by atoms with E-state index in [1.165, 1.54) is 11.3 Å². The van der Waals surface area contributed by atoms with Crippen LogP contribution in [0.15, 0.2) is 36.5 Å². The lowest BCUT2D eigenvalue weighted by molar-refractivity contribution is 0.0782. The number of halogens is 1. The first-order valence-corrected chi connectivity index (χ1v) is 7.66. The number of nitrogens with zero attached hydrogens (tertiary/aromatic N) is 3. The van der Waals surface area contributed by atoms with Crippen molar-refractivity contribution in [2.45, 2.75) is 6.54 Å². The van der Waals surface area contributed by atoms with E-state index in [0.717, 1.165) is 15.9 Å². The molecular weight excluding hydrogens is 306 g/mol. The zero-order valence-electron chi connectivity index (χ0n) is 11.7. The van der Waals surface area contributed by atoms with Gasteiger partial charge in [-0.05, 0) is 30.3 Å². The van der Waals surface area contributed by atoms with E-state index in [1.807, 2.05) is 42.1 Å². The van der Waals surface area contributed by atoms with E-state index in [1.54, 1.807) is 18.0 Å². The Balaban J connectivity index is 1.83. The van der Waals surface area contributed by atoms with Crippen LogP contribution < -0.4 is 0 Å². The van der Waals surface area contributed by atoms with E-state index >= 15 is 0 Å². The van der Waals surface area contributed by atoms with Crippen molar-refractivity contribution in [3.05, 3.63) is 52.3 Å². The van der Waals surface area contributed by atoms with Crippen LogP contribution in [0.5, 0.6) is 0 Å². The van der Waals surface area contributed by atoms with Crippen molar-refractivity contribution in [2.24, 2.45) is 7.05 Å². The maximum absolute atomic E-state index is 12.5. The highest BCUT2D eigenvalue weighted by atomic mass is 35.5. The van der Waals surface area contributed by atoms with Crippen molar-refractivity contribution < 1.29 is 4.79 Å². The SMILES string of the molecule is CN(Cc1cccn1C)C(=O)c1ccc2nc(Cl)sc2c1. The van der Waals surface area contributed by atoms with Gasteiger partial charge in [0.2, 0.25) is 0 Å². The molecule has 0 radical (unpaired) electrons. The Morgan fingerprint density at radius 3 is 2.95 bits per heavy atom. The molecule has 1 amide bonds. The van der Waals surface area contributed by atoms with E-state index in [4.69, 9.17) is 11.6 Å². The van der Waals surface area contributed by atoms with Crippen LogP contribution >= 0.6 is 22.9 Å². The van der Waals surface area contributed by atoms with Gasteiger partial charge < -0.3 is 9.47 Å². The topological polar surface area (TPSA) is 38.1 Å². The Kier molecular flexibility index (Phi) is 3.69. The van der Waals surface area contributed by atoms with Crippen molar-refractivity contribution in [1.82, 2.24) is 14.5 Å². The average Bonchev–Trinajstić information content (AvgIpc) is 3.02. The predicted octanol–water partition coefficient (Wildman–Crippen LogP) is 3.56. The smallest absolute Gasteiger partial charge is 0.253 e. The van der Waals surface area contributed by atoms with Gasteiger partial charge in [-0.1, -0.05) is 11.6 Å².